The normalized spacial score (nSPS) is 13.4. The van der Waals surface area contributed by atoms with Crippen molar-refractivity contribution < 1.29 is 9.59 Å². The number of nitrogens with two attached hydrogens (primary N) is 1. The van der Waals surface area contributed by atoms with E-state index in [1.807, 2.05) is 17.0 Å². The van der Waals surface area contributed by atoms with E-state index < -0.39 is 0 Å². The molecule has 0 unspecified atom stereocenters. The summed E-state index contributed by atoms with van der Waals surface area (Å²) < 4.78 is 0. The molecular formula is C39H48N6O2. The molecule has 0 bridgehead atoms. The van der Waals surface area contributed by atoms with Crippen molar-refractivity contribution >= 4 is 28.9 Å². The molecule has 4 aromatic rings. The van der Waals surface area contributed by atoms with Gasteiger partial charge in [0.15, 0.2) is 0 Å². The van der Waals surface area contributed by atoms with Gasteiger partial charge in [-0.2, -0.15) is 0 Å². The van der Waals surface area contributed by atoms with Gasteiger partial charge in [0.05, 0.1) is 16.9 Å². The minimum absolute atomic E-state index is 0.00709. The Morgan fingerprint density at radius 1 is 0.872 bits per heavy atom. The second-order valence-electron chi connectivity index (χ2n) is 13.6. The van der Waals surface area contributed by atoms with Crippen LogP contribution in [0.1, 0.15) is 55.1 Å². The first-order valence-corrected chi connectivity index (χ1v) is 16.6. The molecule has 8 heteroatoms. The minimum Gasteiger partial charge on any atom is -0.368 e. The van der Waals surface area contributed by atoms with Crippen LogP contribution >= 0.6 is 0 Å². The molecule has 8 nitrogen and oxygen atoms in total. The molecule has 3 aromatic carbocycles. The maximum Gasteiger partial charge on any atom is 0.255 e. The number of aryl methyl sites for hydroxylation is 1. The van der Waals surface area contributed by atoms with Crippen LogP contribution in [0.3, 0.4) is 0 Å². The van der Waals surface area contributed by atoms with Crippen LogP contribution in [0.15, 0.2) is 91.3 Å². The maximum absolute atomic E-state index is 13.4. The van der Waals surface area contributed by atoms with Gasteiger partial charge in [-0.25, -0.2) is 0 Å². The standard InChI is InChI=1S/C39H48N6O2/c1-29-10-5-6-14-35(29)43-20-22-44(23-21-43)36-16-15-32(25-34(36)42-37(46)26-39(2,3)4)31-12-7-11-30(24-31)28-45(19-9-17-40)38(47)33-13-8-18-41-27-33/h5-8,10-16,18,24-25,27H,9,17,19-23,26,28,40H2,1-4H3,(H,42,46). The van der Waals surface area contributed by atoms with Gasteiger partial charge in [-0.3, -0.25) is 14.6 Å². The zero-order chi connectivity index (χ0) is 33.4. The molecule has 0 radical (unpaired) electrons. The highest BCUT2D eigenvalue weighted by Gasteiger charge is 2.23. The van der Waals surface area contributed by atoms with E-state index in [0.29, 0.717) is 38.0 Å². The fraction of sp³-hybridized carbons (Fsp3) is 0.359. The van der Waals surface area contributed by atoms with Gasteiger partial charge in [-0.05, 0) is 84.0 Å². The SMILES string of the molecule is Cc1ccccc1N1CCN(c2ccc(-c3cccc(CN(CCCN)C(=O)c4cccnc4)c3)cc2NC(=O)CC(C)(C)C)CC1. The Balaban J connectivity index is 1.39. The first-order chi connectivity index (χ1) is 22.6. The number of rotatable bonds is 11. The van der Waals surface area contributed by atoms with E-state index in [1.165, 1.54) is 11.3 Å². The fourth-order valence-corrected chi connectivity index (χ4v) is 6.15. The number of anilines is 3. The van der Waals surface area contributed by atoms with Crippen LogP contribution in [0.5, 0.6) is 0 Å². The molecular weight excluding hydrogens is 584 g/mol. The van der Waals surface area contributed by atoms with E-state index in [4.69, 9.17) is 5.73 Å². The average Bonchev–Trinajstić information content (AvgIpc) is 3.06. The molecule has 2 amide bonds. The summed E-state index contributed by atoms with van der Waals surface area (Å²) in [6.07, 6.45) is 4.41. The van der Waals surface area contributed by atoms with Crippen LogP contribution < -0.4 is 20.9 Å². The highest BCUT2D eigenvalue weighted by molar-refractivity contribution is 5.96. The molecule has 0 spiro atoms. The highest BCUT2D eigenvalue weighted by Crippen LogP contribution is 2.34. The van der Waals surface area contributed by atoms with Crippen LogP contribution in [-0.4, -0.2) is 61.0 Å². The zero-order valence-corrected chi connectivity index (χ0v) is 28.2. The Morgan fingerprint density at radius 2 is 1.60 bits per heavy atom. The molecule has 0 atom stereocenters. The monoisotopic (exact) mass is 632 g/mol. The molecule has 246 valence electrons. The second-order valence-corrected chi connectivity index (χ2v) is 13.6. The van der Waals surface area contributed by atoms with Gasteiger partial charge in [-0.15, -0.1) is 0 Å². The smallest absolute Gasteiger partial charge is 0.255 e. The lowest BCUT2D eigenvalue weighted by atomic mass is 9.92. The largest absolute Gasteiger partial charge is 0.368 e. The van der Waals surface area contributed by atoms with E-state index in [0.717, 1.165) is 54.2 Å². The van der Waals surface area contributed by atoms with Gasteiger partial charge in [0, 0.05) is 63.8 Å². The number of hydrogen-bond donors (Lipinski definition) is 2. The molecule has 2 heterocycles. The number of aromatic nitrogens is 1. The number of carbonyl (C=O) groups is 2. The maximum atomic E-state index is 13.4. The van der Waals surface area contributed by atoms with Crippen molar-refractivity contribution in [2.45, 2.75) is 47.1 Å². The molecule has 0 saturated carbocycles. The number of pyridine rings is 1. The van der Waals surface area contributed by atoms with Crippen molar-refractivity contribution in [2.24, 2.45) is 11.1 Å². The Kier molecular flexibility index (Phi) is 10.9. The van der Waals surface area contributed by atoms with E-state index in [2.05, 4.69) is 102 Å². The molecule has 5 rings (SSSR count). The van der Waals surface area contributed by atoms with Crippen LogP contribution in [0.25, 0.3) is 11.1 Å². The zero-order valence-electron chi connectivity index (χ0n) is 28.2. The second kappa shape index (κ2) is 15.3. The quantitative estimate of drug-likeness (QED) is 0.190. The minimum atomic E-state index is -0.127. The number of para-hydroxylation sites is 1. The van der Waals surface area contributed by atoms with Crippen LogP contribution in [0, 0.1) is 12.3 Å². The summed E-state index contributed by atoms with van der Waals surface area (Å²) in [5.41, 5.74) is 13.7. The third kappa shape index (κ3) is 8.98. The van der Waals surface area contributed by atoms with Crippen LogP contribution in [-0.2, 0) is 11.3 Å². The number of piperazine rings is 1. The number of benzene rings is 3. The predicted molar refractivity (Wildman–Crippen MR) is 193 cm³/mol. The highest BCUT2D eigenvalue weighted by atomic mass is 16.2. The first-order valence-electron chi connectivity index (χ1n) is 16.6. The topological polar surface area (TPSA) is 94.8 Å². The molecule has 47 heavy (non-hydrogen) atoms. The summed E-state index contributed by atoms with van der Waals surface area (Å²) >= 11 is 0. The number of nitrogens with one attached hydrogen (secondary N) is 1. The Hall–Kier alpha value is -4.69. The Morgan fingerprint density at radius 3 is 2.28 bits per heavy atom. The molecule has 0 aliphatic carbocycles. The molecule has 1 aliphatic rings. The van der Waals surface area contributed by atoms with Gasteiger partial charge in [-0.1, -0.05) is 63.2 Å². The lowest BCUT2D eigenvalue weighted by Gasteiger charge is -2.38. The average molecular weight is 633 g/mol. The van der Waals surface area contributed by atoms with Crippen molar-refractivity contribution in [3.05, 3.63) is 108 Å². The van der Waals surface area contributed by atoms with Crippen molar-refractivity contribution in [2.75, 3.05) is 54.4 Å². The van der Waals surface area contributed by atoms with Gasteiger partial charge in [0.25, 0.3) is 5.91 Å². The van der Waals surface area contributed by atoms with Crippen LogP contribution in [0.4, 0.5) is 17.1 Å². The molecule has 3 N–H and O–H groups in total. The Bertz CT molecular complexity index is 1660. The number of carbonyl (C=O) groups excluding carboxylic acids is 2. The van der Waals surface area contributed by atoms with Crippen molar-refractivity contribution in [1.82, 2.24) is 9.88 Å². The molecule has 1 saturated heterocycles. The van der Waals surface area contributed by atoms with E-state index in [9.17, 15) is 9.59 Å². The number of amides is 2. The molecule has 1 fully saturated rings. The predicted octanol–water partition coefficient (Wildman–Crippen LogP) is 6.75. The van der Waals surface area contributed by atoms with Gasteiger partial charge in [0.1, 0.15) is 0 Å². The number of nitrogens with zero attached hydrogens (tertiary/aromatic N) is 4. The van der Waals surface area contributed by atoms with Crippen molar-refractivity contribution in [3.63, 3.8) is 0 Å². The van der Waals surface area contributed by atoms with Crippen LogP contribution in [0.2, 0.25) is 0 Å². The van der Waals surface area contributed by atoms with E-state index in [1.54, 1.807) is 24.5 Å². The van der Waals surface area contributed by atoms with Gasteiger partial charge >= 0.3 is 0 Å². The fourth-order valence-electron chi connectivity index (χ4n) is 6.15. The lowest BCUT2D eigenvalue weighted by Crippen LogP contribution is -2.47. The van der Waals surface area contributed by atoms with Gasteiger partial charge in [0.2, 0.25) is 5.91 Å². The van der Waals surface area contributed by atoms with E-state index >= 15 is 0 Å². The summed E-state index contributed by atoms with van der Waals surface area (Å²) in [5.74, 6) is -0.0552. The summed E-state index contributed by atoms with van der Waals surface area (Å²) in [6.45, 7) is 13.4. The summed E-state index contributed by atoms with van der Waals surface area (Å²) in [5, 5.41) is 3.26. The third-order valence-electron chi connectivity index (χ3n) is 8.50. The van der Waals surface area contributed by atoms with Crippen molar-refractivity contribution in [1.29, 1.82) is 0 Å². The van der Waals surface area contributed by atoms with Crippen molar-refractivity contribution in [3.8, 4) is 11.1 Å². The molecule has 1 aliphatic heterocycles. The first kappa shape index (κ1) is 33.7. The lowest BCUT2D eigenvalue weighted by molar-refractivity contribution is -0.117. The molecule has 1 aromatic heterocycles. The van der Waals surface area contributed by atoms with Gasteiger partial charge < -0.3 is 25.8 Å². The Labute approximate surface area is 279 Å². The third-order valence-corrected chi connectivity index (χ3v) is 8.50. The summed E-state index contributed by atoms with van der Waals surface area (Å²) in [6, 6.07) is 26.7. The van der Waals surface area contributed by atoms with E-state index in [-0.39, 0.29) is 17.2 Å². The summed E-state index contributed by atoms with van der Waals surface area (Å²) in [7, 11) is 0. The summed E-state index contributed by atoms with van der Waals surface area (Å²) in [4.78, 5) is 37.4. The number of hydrogen-bond acceptors (Lipinski definition) is 6.